The molecule has 1 aliphatic rings. The lowest BCUT2D eigenvalue weighted by Crippen LogP contribution is -2.24. The predicted molar refractivity (Wildman–Crippen MR) is 136 cm³/mol. The van der Waals surface area contributed by atoms with Gasteiger partial charge in [-0.3, -0.25) is 0 Å². The Bertz CT molecular complexity index is 987. The minimum Gasteiger partial charge on any atom is -0.364 e. The topological polar surface area (TPSA) is 29.3 Å². The molecule has 2 nitrogen and oxygen atoms in total. The Morgan fingerprint density at radius 1 is 0.939 bits per heavy atom. The van der Waals surface area contributed by atoms with Crippen molar-refractivity contribution in [1.82, 2.24) is 0 Å². The number of anilines is 1. The van der Waals surface area contributed by atoms with Crippen LogP contribution in [-0.2, 0) is 19.0 Å². The lowest BCUT2D eigenvalue weighted by Gasteiger charge is -2.28. The van der Waals surface area contributed by atoms with Gasteiger partial charge in [0.2, 0.25) is 0 Å². The molecule has 0 fully saturated rings. The lowest BCUT2D eigenvalue weighted by molar-refractivity contribution is -0.137. The highest BCUT2D eigenvalue weighted by atomic mass is 79.9. The first-order chi connectivity index (χ1) is 15.8. The Morgan fingerprint density at radius 3 is 2.15 bits per heavy atom. The third-order valence-electron chi connectivity index (χ3n) is 5.48. The maximum Gasteiger partial charge on any atom is 0.416 e. The molecule has 0 bridgehead atoms. The zero-order chi connectivity index (χ0) is 24.4. The fraction of sp³-hybridized carbons (Fsp3) is 0.333. The number of halogens is 4. The van der Waals surface area contributed by atoms with E-state index in [0.29, 0.717) is 6.54 Å². The van der Waals surface area contributed by atoms with Gasteiger partial charge in [0.25, 0.3) is 0 Å². The summed E-state index contributed by atoms with van der Waals surface area (Å²) < 4.78 is 39.0. The average Bonchev–Trinajstić information content (AvgIpc) is 3.26. The fourth-order valence-electron chi connectivity index (χ4n) is 3.75. The molecule has 1 heterocycles. The van der Waals surface area contributed by atoms with E-state index in [0.717, 1.165) is 41.6 Å². The summed E-state index contributed by atoms with van der Waals surface area (Å²) in [6, 6.07) is 21.9. The van der Waals surface area contributed by atoms with Crippen molar-refractivity contribution >= 4 is 21.6 Å². The summed E-state index contributed by atoms with van der Waals surface area (Å²) in [6.07, 6.45) is -2.34. The van der Waals surface area contributed by atoms with Gasteiger partial charge in [-0.15, -0.1) is 0 Å². The van der Waals surface area contributed by atoms with Crippen LogP contribution in [0.3, 0.4) is 0 Å². The van der Waals surface area contributed by atoms with E-state index in [1.165, 1.54) is 16.8 Å². The SMILES string of the molecule is CC.CC(c1ccc(C(F)(F)F)cc1)N1CCc2ccccc21.NCCc1ccccc1Br. The number of alkyl halides is 3. The number of para-hydroxylation sites is 1. The quantitative estimate of drug-likeness (QED) is 0.380. The summed E-state index contributed by atoms with van der Waals surface area (Å²) in [4.78, 5) is 2.25. The molecule has 1 atom stereocenters. The summed E-state index contributed by atoms with van der Waals surface area (Å²) in [5.41, 5.74) is 9.48. The maximum absolute atomic E-state index is 12.6. The van der Waals surface area contributed by atoms with Gasteiger partial charge in [0.15, 0.2) is 0 Å². The summed E-state index contributed by atoms with van der Waals surface area (Å²) in [6.45, 7) is 7.65. The van der Waals surface area contributed by atoms with Crippen molar-refractivity contribution in [2.45, 2.75) is 45.8 Å². The molecule has 2 N–H and O–H groups in total. The molecule has 0 saturated heterocycles. The number of rotatable bonds is 4. The van der Waals surface area contributed by atoms with Crippen molar-refractivity contribution in [3.8, 4) is 0 Å². The van der Waals surface area contributed by atoms with Crippen LogP contribution >= 0.6 is 15.9 Å². The molecule has 6 heteroatoms. The number of benzene rings is 3. The highest BCUT2D eigenvalue weighted by Gasteiger charge is 2.30. The van der Waals surface area contributed by atoms with Gasteiger partial charge in [0.1, 0.15) is 0 Å². The van der Waals surface area contributed by atoms with Crippen molar-refractivity contribution in [3.63, 3.8) is 0 Å². The Kier molecular flexibility index (Phi) is 10.5. The molecule has 3 aromatic rings. The van der Waals surface area contributed by atoms with Crippen LogP contribution in [0.25, 0.3) is 0 Å². The first-order valence-corrected chi connectivity index (χ1v) is 12.1. The largest absolute Gasteiger partial charge is 0.416 e. The van der Waals surface area contributed by atoms with E-state index >= 15 is 0 Å². The first kappa shape index (κ1) is 26.9. The number of fused-ring (bicyclic) bond motifs is 1. The molecule has 0 amide bonds. The van der Waals surface area contributed by atoms with Crippen molar-refractivity contribution in [1.29, 1.82) is 0 Å². The van der Waals surface area contributed by atoms with Gasteiger partial charge in [-0.1, -0.05) is 78.3 Å². The van der Waals surface area contributed by atoms with Gasteiger partial charge in [-0.2, -0.15) is 13.2 Å². The third-order valence-corrected chi connectivity index (χ3v) is 6.26. The van der Waals surface area contributed by atoms with Crippen molar-refractivity contribution < 1.29 is 13.2 Å². The van der Waals surface area contributed by atoms with Gasteiger partial charge < -0.3 is 10.6 Å². The van der Waals surface area contributed by atoms with Crippen LogP contribution in [0, 0.1) is 0 Å². The molecule has 3 aromatic carbocycles. The van der Waals surface area contributed by atoms with E-state index in [1.54, 1.807) is 12.1 Å². The van der Waals surface area contributed by atoms with Crippen molar-refractivity contribution in [2.24, 2.45) is 5.73 Å². The van der Waals surface area contributed by atoms with Gasteiger partial charge >= 0.3 is 6.18 Å². The smallest absolute Gasteiger partial charge is 0.364 e. The van der Waals surface area contributed by atoms with Gasteiger partial charge in [-0.05, 0) is 67.3 Å². The molecule has 1 aliphatic heterocycles. The molecular formula is C27H32BrF3N2. The standard InChI is InChI=1S/C17H16F3N.C8H10BrN.C2H6/c1-12(13-6-8-15(9-7-13)17(18,19)20)21-11-10-14-4-2-3-5-16(14)21;9-8-4-2-1-3-7(8)5-6-10;1-2/h2-9,12H,10-11H2,1H3;1-4H,5-6,10H2;1-2H3. The summed E-state index contributed by atoms with van der Waals surface area (Å²) in [7, 11) is 0. The Labute approximate surface area is 203 Å². The van der Waals surface area contributed by atoms with Crippen LogP contribution in [0.2, 0.25) is 0 Å². The van der Waals surface area contributed by atoms with E-state index in [1.807, 2.05) is 51.1 Å². The minimum atomic E-state index is -4.28. The second-order valence-electron chi connectivity index (χ2n) is 7.50. The second kappa shape index (κ2) is 12.8. The zero-order valence-electron chi connectivity index (χ0n) is 19.4. The van der Waals surface area contributed by atoms with Crippen LogP contribution in [0.1, 0.15) is 49.1 Å². The molecule has 33 heavy (non-hydrogen) atoms. The van der Waals surface area contributed by atoms with E-state index in [2.05, 4.69) is 39.0 Å². The van der Waals surface area contributed by atoms with E-state index in [-0.39, 0.29) is 6.04 Å². The highest BCUT2D eigenvalue weighted by molar-refractivity contribution is 9.10. The fourth-order valence-corrected chi connectivity index (χ4v) is 4.24. The number of hydrogen-bond acceptors (Lipinski definition) is 2. The Hall–Kier alpha value is -2.31. The molecule has 4 rings (SSSR count). The summed E-state index contributed by atoms with van der Waals surface area (Å²) >= 11 is 3.44. The van der Waals surface area contributed by atoms with Gasteiger partial charge in [0.05, 0.1) is 11.6 Å². The van der Waals surface area contributed by atoms with Crippen LogP contribution in [-0.4, -0.2) is 13.1 Å². The molecule has 0 radical (unpaired) electrons. The molecule has 1 unspecified atom stereocenters. The first-order valence-electron chi connectivity index (χ1n) is 11.3. The molecule has 0 aromatic heterocycles. The molecule has 178 valence electrons. The molecule has 0 spiro atoms. The maximum atomic E-state index is 12.6. The predicted octanol–water partition coefficient (Wildman–Crippen LogP) is 7.81. The molecular weight excluding hydrogens is 489 g/mol. The lowest BCUT2D eigenvalue weighted by atomic mass is 10.0. The van der Waals surface area contributed by atoms with Crippen molar-refractivity contribution in [2.75, 3.05) is 18.0 Å². The van der Waals surface area contributed by atoms with Crippen LogP contribution in [0.5, 0.6) is 0 Å². The normalized spacial score (nSPS) is 13.3. The summed E-state index contributed by atoms with van der Waals surface area (Å²) in [5, 5.41) is 0. The van der Waals surface area contributed by atoms with E-state index < -0.39 is 11.7 Å². The van der Waals surface area contributed by atoms with Gasteiger partial charge in [-0.25, -0.2) is 0 Å². The summed E-state index contributed by atoms with van der Waals surface area (Å²) in [5.74, 6) is 0. The monoisotopic (exact) mass is 520 g/mol. The van der Waals surface area contributed by atoms with E-state index in [9.17, 15) is 13.2 Å². The zero-order valence-corrected chi connectivity index (χ0v) is 21.0. The van der Waals surface area contributed by atoms with Gasteiger partial charge in [0, 0.05) is 16.7 Å². The molecule has 0 aliphatic carbocycles. The average molecular weight is 521 g/mol. The van der Waals surface area contributed by atoms with Crippen LogP contribution < -0.4 is 10.6 Å². The second-order valence-corrected chi connectivity index (χ2v) is 8.35. The third kappa shape index (κ3) is 7.34. The van der Waals surface area contributed by atoms with Crippen LogP contribution in [0.15, 0.2) is 77.3 Å². The number of hydrogen-bond donors (Lipinski definition) is 1. The number of nitrogens with zero attached hydrogens (tertiary/aromatic N) is 1. The Morgan fingerprint density at radius 2 is 1.55 bits per heavy atom. The highest BCUT2D eigenvalue weighted by Crippen LogP contribution is 2.36. The van der Waals surface area contributed by atoms with Crippen LogP contribution in [0.4, 0.5) is 18.9 Å². The number of nitrogens with two attached hydrogens (primary N) is 1. The Balaban J connectivity index is 0.000000270. The van der Waals surface area contributed by atoms with Crippen molar-refractivity contribution in [3.05, 3.63) is 99.5 Å². The minimum absolute atomic E-state index is 0.0657. The van der Waals surface area contributed by atoms with E-state index in [4.69, 9.17) is 5.73 Å². The molecule has 0 saturated carbocycles.